The average Bonchev–Trinajstić information content (AvgIpc) is 2.49. The van der Waals surface area contributed by atoms with E-state index in [1.807, 2.05) is 0 Å². The van der Waals surface area contributed by atoms with Crippen LogP contribution in [0.15, 0.2) is 24.3 Å². The van der Waals surface area contributed by atoms with Crippen LogP contribution < -0.4 is 10.6 Å². The van der Waals surface area contributed by atoms with Gasteiger partial charge in [0.05, 0.1) is 6.61 Å². The van der Waals surface area contributed by atoms with E-state index >= 15 is 0 Å². The molecule has 2 aliphatic rings. The Morgan fingerprint density at radius 1 is 1.40 bits per heavy atom. The van der Waals surface area contributed by atoms with E-state index in [0.29, 0.717) is 17.9 Å². The minimum Gasteiger partial charge on any atom is -0.381 e. The van der Waals surface area contributed by atoms with Crippen LogP contribution in [0.5, 0.6) is 0 Å². The molecule has 0 bridgehead atoms. The lowest BCUT2D eigenvalue weighted by Gasteiger charge is -2.44. The molecule has 1 fully saturated rings. The van der Waals surface area contributed by atoms with Crippen LogP contribution in [-0.2, 0) is 11.2 Å². The van der Waals surface area contributed by atoms with Crippen molar-refractivity contribution in [2.75, 3.05) is 31.2 Å². The SMILES string of the molecule is CC1Cc2ccccc2N(C(CN)C2CCCOC2)C1. The molecule has 0 saturated carbocycles. The highest BCUT2D eigenvalue weighted by molar-refractivity contribution is 5.56. The number of para-hydroxylation sites is 1. The highest BCUT2D eigenvalue weighted by Crippen LogP contribution is 2.34. The molecule has 0 aromatic heterocycles. The summed E-state index contributed by atoms with van der Waals surface area (Å²) in [6.45, 7) is 5.97. The van der Waals surface area contributed by atoms with Crippen molar-refractivity contribution in [3.05, 3.63) is 29.8 Å². The van der Waals surface area contributed by atoms with Crippen LogP contribution in [0.3, 0.4) is 0 Å². The van der Waals surface area contributed by atoms with Crippen molar-refractivity contribution < 1.29 is 4.74 Å². The van der Waals surface area contributed by atoms with Crippen molar-refractivity contribution in [2.24, 2.45) is 17.6 Å². The van der Waals surface area contributed by atoms with Crippen LogP contribution in [0, 0.1) is 11.8 Å². The van der Waals surface area contributed by atoms with E-state index in [2.05, 4.69) is 36.1 Å². The first-order valence-corrected chi connectivity index (χ1v) is 7.92. The largest absolute Gasteiger partial charge is 0.381 e. The van der Waals surface area contributed by atoms with Gasteiger partial charge in [-0.2, -0.15) is 0 Å². The zero-order chi connectivity index (χ0) is 13.9. The molecule has 1 saturated heterocycles. The molecule has 1 aromatic carbocycles. The Bertz CT molecular complexity index is 442. The quantitative estimate of drug-likeness (QED) is 0.920. The molecule has 0 spiro atoms. The van der Waals surface area contributed by atoms with E-state index in [1.165, 1.54) is 30.5 Å². The zero-order valence-corrected chi connectivity index (χ0v) is 12.4. The zero-order valence-electron chi connectivity index (χ0n) is 12.4. The highest BCUT2D eigenvalue weighted by Gasteiger charge is 2.32. The van der Waals surface area contributed by atoms with Gasteiger partial charge in [0.1, 0.15) is 0 Å². The molecule has 3 rings (SSSR count). The molecule has 1 aromatic rings. The second kappa shape index (κ2) is 6.15. The van der Waals surface area contributed by atoms with Gasteiger partial charge < -0.3 is 15.4 Å². The van der Waals surface area contributed by atoms with Gasteiger partial charge in [0.25, 0.3) is 0 Å². The van der Waals surface area contributed by atoms with Gasteiger partial charge >= 0.3 is 0 Å². The van der Waals surface area contributed by atoms with Gasteiger partial charge in [0.15, 0.2) is 0 Å². The second-order valence-electron chi connectivity index (χ2n) is 6.37. The molecule has 3 atom stereocenters. The van der Waals surface area contributed by atoms with Crippen LogP contribution in [0.4, 0.5) is 5.69 Å². The molecular weight excluding hydrogens is 248 g/mol. The second-order valence-corrected chi connectivity index (χ2v) is 6.37. The predicted octanol–water partition coefficient (Wildman–Crippen LogP) is 2.44. The van der Waals surface area contributed by atoms with Crippen LogP contribution in [0.25, 0.3) is 0 Å². The first kappa shape index (κ1) is 13.9. The van der Waals surface area contributed by atoms with Gasteiger partial charge in [-0.3, -0.25) is 0 Å². The number of nitrogens with two attached hydrogens (primary N) is 1. The Labute approximate surface area is 122 Å². The Balaban J connectivity index is 1.87. The maximum Gasteiger partial charge on any atom is 0.0514 e. The van der Waals surface area contributed by atoms with Crippen LogP contribution in [0.1, 0.15) is 25.3 Å². The maximum atomic E-state index is 6.14. The summed E-state index contributed by atoms with van der Waals surface area (Å²) in [5.74, 6) is 1.27. The van der Waals surface area contributed by atoms with Crippen LogP contribution in [0.2, 0.25) is 0 Å². The molecule has 3 heteroatoms. The van der Waals surface area contributed by atoms with E-state index in [1.54, 1.807) is 0 Å². The number of fused-ring (bicyclic) bond motifs is 1. The Kier molecular flexibility index (Phi) is 4.27. The normalized spacial score (nSPS) is 28.0. The van der Waals surface area contributed by atoms with Crippen molar-refractivity contribution in [1.82, 2.24) is 0 Å². The minimum absolute atomic E-state index is 0.416. The first-order chi connectivity index (χ1) is 9.79. The van der Waals surface area contributed by atoms with Crippen LogP contribution >= 0.6 is 0 Å². The van der Waals surface area contributed by atoms with E-state index < -0.39 is 0 Å². The molecule has 2 heterocycles. The monoisotopic (exact) mass is 274 g/mol. The van der Waals surface area contributed by atoms with Gasteiger partial charge in [0, 0.05) is 37.3 Å². The number of anilines is 1. The molecule has 0 radical (unpaired) electrons. The molecule has 3 nitrogen and oxygen atoms in total. The summed E-state index contributed by atoms with van der Waals surface area (Å²) in [6, 6.07) is 9.23. The Morgan fingerprint density at radius 2 is 2.25 bits per heavy atom. The van der Waals surface area contributed by atoms with E-state index in [9.17, 15) is 0 Å². The van der Waals surface area contributed by atoms with Gasteiger partial charge in [-0.05, 0) is 36.8 Å². The van der Waals surface area contributed by atoms with Crippen molar-refractivity contribution in [1.29, 1.82) is 0 Å². The molecule has 3 unspecified atom stereocenters. The number of nitrogens with zero attached hydrogens (tertiary/aromatic N) is 1. The van der Waals surface area contributed by atoms with Gasteiger partial charge in [0.2, 0.25) is 0 Å². The van der Waals surface area contributed by atoms with E-state index in [4.69, 9.17) is 10.5 Å². The van der Waals surface area contributed by atoms with Crippen LogP contribution in [-0.4, -0.2) is 32.3 Å². The summed E-state index contributed by atoms with van der Waals surface area (Å²) in [7, 11) is 0. The molecule has 2 N–H and O–H groups in total. The highest BCUT2D eigenvalue weighted by atomic mass is 16.5. The lowest BCUT2D eigenvalue weighted by molar-refractivity contribution is 0.0441. The van der Waals surface area contributed by atoms with Gasteiger partial charge in [-0.25, -0.2) is 0 Å². The third-order valence-corrected chi connectivity index (χ3v) is 4.76. The molecule has 0 aliphatic carbocycles. The summed E-state index contributed by atoms with van der Waals surface area (Å²) in [5.41, 5.74) is 9.01. The summed E-state index contributed by atoms with van der Waals surface area (Å²) in [4.78, 5) is 2.56. The summed E-state index contributed by atoms with van der Waals surface area (Å²) in [5, 5.41) is 0. The smallest absolute Gasteiger partial charge is 0.0514 e. The number of benzene rings is 1. The summed E-state index contributed by atoms with van der Waals surface area (Å²) < 4.78 is 5.69. The first-order valence-electron chi connectivity index (χ1n) is 7.92. The fourth-order valence-corrected chi connectivity index (χ4v) is 3.80. The summed E-state index contributed by atoms with van der Waals surface area (Å²) >= 11 is 0. The van der Waals surface area contributed by atoms with Crippen molar-refractivity contribution >= 4 is 5.69 Å². The van der Waals surface area contributed by atoms with Gasteiger partial charge in [-0.1, -0.05) is 25.1 Å². The Morgan fingerprint density at radius 3 is 3.00 bits per heavy atom. The third-order valence-electron chi connectivity index (χ3n) is 4.76. The number of rotatable bonds is 3. The predicted molar refractivity (Wildman–Crippen MR) is 83.0 cm³/mol. The standard InChI is InChI=1S/C17H26N2O/c1-13-9-14-5-2-3-7-16(14)19(11-13)17(10-18)15-6-4-8-20-12-15/h2-3,5,7,13,15,17H,4,6,8-12,18H2,1H3. The fraction of sp³-hybridized carbons (Fsp3) is 0.647. The molecule has 2 aliphatic heterocycles. The molecule has 110 valence electrons. The topological polar surface area (TPSA) is 38.5 Å². The molecule has 20 heavy (non-hydrogen) atoms. The minimum atomic E-state index is 0.416. The lowest BCUT2D eigenvalue weighted by Crippen LogP contribution is -2.51. The maximum absolute atomic E-state index is 6.14. The number of ether oxygens (including phenoxy) is 1. The van der Waals surface area contributed by atoms with E-state index in [0.717, 1.165) is 26.3 Å². The van der Waals surface area contributed by atoms with Crippen molar-refractivity contribution in [3.63, 3.8) is 0 Å². The average molecular weight is 274 g/mol. The fourth-order valence-electron chi connectivity index (χ4n) is 3.80. The number of hydrogen-bond acceptors (Lipinski definition) is 3. The summed E-state index contributed by atoms with van der Waals surface area (Å²) in [6.07, 6.45) is 3.60. The number of hydrogen-bond donors (Lipinski definition) is 1. The van der Waals surface area contributed by atoms with Gasteiger partial charge in [-0.15, -0.1) is 0 Å². The van der Waals surface area contributed by atoms with E-state index in [-0.39, 0.29) is 0 Å². The molecular formula is C17H26N2O. The van der Waals surface area contributed by atoms with Crippen molar-refractivity contribution in [3.8, 4) is 0 Å². The van der Waals surface area contributed by atoms with Crippen molar-refractivity contribution in [2.45, 2.75) is 32.2 Å². The lowest BCUT2D eigenvalue weighted by atomic mass is 9.87. The molecule has 0 amide bonds. The third kappa shape index (κ3) is 2.70. The Hall–Kier alpha value is -1.06.